The number of carboxylic acid groups (broad SMARTS) is 1. The van der Waals surface area contributed by atoms with E-state index in [0.717, 1.165) is 17.2 Å². The van der Waals surface area contributed by atoms with Gasteiger partial charge < -0.3 is 20.9 Å². The fourth-order valence-electron chi connectivity index (χ4n) is 3.28. The minimum atomic E-state index is -5.08. The number of carbonyl (C=O) groups excluding carboxylic acids is 1. The number of hydrogen-bond donors (Lipinski definition) is 3. The van der Waals surface area contributed by atoms with Crippen molar-refractivity contribution in [2.75, 3.05) is 17.7 Å². The third-order valence-electron chi connectivity index (χ3n) is 4.89. The van der Waals surface area contributed by atoms with Crippen molar-refractivity contribution >= 4 is 46.0 Å². The summed E-state index contributed by atoms with van der Waals surface area (Å²) in [5, 5.41) is 17.0. The molecule has 2 aromatic heterocycles. The second-order valence-corrected chi connectivity index (χ2v) is 9.14. The van der Waals surface area contributed by atoms with Gasteiger partial charge in [-0.05, 0) is 13.3 Å². The Hall–Kier alpha value is -2.72. The molecule has 180 valence electrons. The summed E-state index contributed by atoms with van der Waals surface area (Å²) in [7, 11) is 1.66. The topological polar surface area (TPSA) is 158 Å². The monoisotopic (exact) mass is 507 g/mol. The van der Waals surface area contributed by atoms with Crippen LogP contribution in [0.5, 0.6) is 0 Å². The van der Waals surface area contributed by atoms with Crippen molar-refractivity contribution in [2.24, 2.45) is 23.7 Å². The SMILES string of the molecule is C[C@H]1C[C@H]2CSC(N)=N[C@@]2(c2nc(NC(=O)c3ncnn3C)cs2)CO1.O=C(O)C(F)(F)F. The molecule has 33 heavy (non-hydrogen) atoms. The summed E-state index contributed by atoms with van der Waals surface area (Å²) < 4.78 is 39.1. The van der Waals surface area contributed by atoms with E-state index in [2.05, 4.69) is 27.3 Å². The lowest BCUT2D eigenvalue weighted by molar-refractivity contribution is -0.192. The van der Waals surface area contributed by atoms with Gasteiger partial charge in [-0.15, -0.1) is 11.3 Å². The van der Waals surface area contributed by atoms with Crippen LogP contribution in [0, 0.1) is 5.92 Å². The number of nitrogens with two attached hydrogens (primary N) is 1. The number of thioether (sulfide) groups is 1. The number of nitrogens with one attached hydrogen (secondary N) is 1. The number of aliphatic imine (C=N–C) groups is 1. The van der Waals surface area contributed by atoms with Crippen molar-refractivity contribution in [3.8, 4) is 0 Å². The molecule has 2 aromatic rings. The van der Waals surface area contributed by atoms with Gasteiger partial charge in [-0.2, -0.15) is 18.3 Å². The molecule has 2 aliphatic heterocycles. The Morgan fingerprint density at radius 2 is 2.12 bits per heavy atom. The summed E-state index contributed by atoms with van der Waals surface area (Å²) in [5.74, 6) is -1.22. The zero-order valence-electron chi connectivity index (χ0n) is 17.4. The van der Waals surface area contributed by atoms with Crippen LogP contribution < -0.4 is 11.1 Å². The highest BCUT2D eigenvalue weighted by Gasteiger charge is 2.49. The molecule has 11 nitrogen and oxygen atoms in total. The number of rotatable bonds is 3. The highest BCUT2D eigenvalue weighted by atomic mass is 32.2. The van der Waals surface area contributed by atoms with E-state index in [1.807, 2.05) is 0 Å². The molecule has 0 radical (unpaired) electrons. The van der Waals surface area contributed by atoms with Crippen LogP contribution in [0.3, 0.4) is 0 Å². The number of fused-ring (bicyclic) bond motifs is 1. The van der Waals surface area contributed by atoms with E-state index >= 15 is 0 Å². The number of anilines is 1. The summed E-state index contributed by atoms with van der Waals surface area (Å²) in [5.41, 5.74) is 5.44. The Morgan fingerprint density at radius 1 is 1.42 bits per heavy atom. The van der Waals surface area contributed by atoms with Gasteiger partial charge in [0, 0.05) is 24.1 Å². The van der Waals surface area contributed by atoms with Gasteiger partial charge in [0.2, 0.25) is 5.82 Å². The molecule has 1 saturated heterocycles. The molecule has 1 fully saturated rings. The van der Waals surface area contributed by atoms with E-state index in [9.17, 15) is 18.0 Å². The molecule has 4 N–H and O–H groups in total. The maximum atomic E-state index is 12.3. The molecule has 4 rings (SSSR count). The first kappa shape index (κ1) is 24.9. The average Bonchev–Trinajstić information content (AvgIpc) is 3.37. The van der Waals surface area contributed by atoms with Crippen molar-refractivity contribution in [2.45, 2.75) is 31.2 Å². The molecule has 0 unspecified atom stereocenters. The first-order valence-electron chi connectivity index (χ1n) is 9.43. The molecule has 0 saturated carbocycles. The van der Waals surface area contributed by atoms with E-state index < -0.39 is 17.7 Å². The summed E-state index contributed by atoms with van der Waals surface area (Å²) in [4.78, 5) is 34.5. The standard InChI is InChI=1S/C15H19N7O2S2.C2HF3O2/c1-8-3-9-4-26-14(16)21-15(9,6-24-8)13-20-10(5-25-13)19-12(23)11-17-7-18-22(11)2;3-2(4,5)1(6)7/h5,7-9H,3-4,6H2,1-2H3,(H2,16,21)(H,19,23);(H,6,7)/t8-,9-,15-;/m0./s1. The van der Waals surface area contributed by atoms with Crippen molar-refractivity contribution < 1.29 is 32.6 Å². The van der Waals surface area contributed by atoms with Crippen molar-refractivity contribution in [3.63, 3.8) is 0 Å². The van der Waals surface area contributed by atoms with Crippen LogP contribution in [-0.2, 0) is 22.1 Å². The van der Waals surface area contributed by atoms with Crippen molar-refractivity contribution in [3.05, 3.63) is 22.5 Å². The van der Waals surface area contributed by atoms with E-state index in [4.69, 9.17) is 25.4 Å². The summed E-state index contributed by atoms with van der Waals surface area (Å²) >= 11 is 3.04. The molecule has 1 amide bonds. The number of alkyl halides is 3. The maximum Gasteiger partial charge on any atom is 0.490 e. The third-order valence-corrected chi connectivity index (χ3v) is 6.86. The number of carbonyl (C=O) groups is 2. The van der Waals surface area contributed by atoms with Crippen molar-refractivity contribution in [1.82, 2.24) is 19.7 Å². The number of nitrogens with zero attached hydrogens (tertiary/aromatic N) is 5. The van der Waals surface area contributed by atoms with Gasteiger partial charge in [-0.3, -0.25) is 4.79 Å². The molecule has 0 bridgehead atoms. The number of ether oxygens (including phenoxy) is 1. The minimum absolute atomic E-state index is 0.193. The molecule has 0 spiro atoms. The number of hydrogen-bond acceptors (Lipinski definition) is 10. The van der Waals surface area contributed by atoms with Crippen molar-refractivity contribution in [1.29, 1.82) is 0 Å². The van der Waals surface area contributed by atoms with Gasteiger partial charge in [0.1, 0.15) is 22.7 Å². The maximum absolute atomic E-state index is 12.3. The predicted octanol–water partition coefficient (Wildman–Crippen LogP) is 1.84. The Labute approximate surface area is 193 Å². The molecular weight excluding hydrogens is 487 g/mol. The van der Waals surface area contributed by atoms with E-state index in [1.165, 1.54) is 22.3 Å². The average molecular weight is 508 g/mol. The summed E-state index contributed by atoms with van der Waals surface area (Å²) in [6.45, 7) is 2.52. The van der Waals surface area contributed by atoms with E-state index in [1.54, 1.807) is 24.2 Å². The number of halogens is 3. The molecule has 0 aromatic carbocycles. The Bertz CT molecular complexity index is 1060. The lowest BCUT2D eigenvalue weighted by Crippen LogP contribution is -2.49. The highest BCUT2D eigenvalue weighted by molar-refractivity contribution is 8.13. The van der Waals surface area contributed by atoms with Crippen LogP contribution in [0.4, 0.5) is 19.0 Å². The number of carboxylic acids is 1. The van der Waals surface area contributed by atoms with Gasteiger partial charge in [0.05, 0.1) is 12.7 Å². The first-order chi connectivity index (χ1) is 15.4. The zero-order chi connectivity index (χ0) is 24.4. The van der Waals surface area contributed by atoms with Gasteiger partial charge in [-0.1, -0.05) is 11.8 Å². The Kier molecular flexibility index (Phi) is 7.28. The Balaban J connectivity index is 0.000000383. The van der Waals surface area contributed by atoms with Gasteiger partial charge >= 0.3 is 12.1 Å². The molecule has 0 aliphatic carbocycles. The number of thiazole rings is 1. The van der Waals surface area contributed by atoms with Crippen LogP contribution in [0.1, 0.15) is 29.0 Å². The van der Waals surface area contributed by atoms with E-state index in [0.29, 0.717) is 23.5 Å². The largest absolute Gasteiger partial charge is 0.490 e. The van der Waals surface area contributed by atoms with Crippen LogP contribution >= 0.6 is 23.1 Å². The van der Waals surface area contributed by atoms with Crippen LogP contribution in [0.2, 0.25) is 0 Å². The molecule has 4 heterocycles. The lowest BCUT2D eigenvalue weighted by atomic mass is 9.80. The predicted molar refractivity (Wildman–Crippen MR) is 114 cm³/mol. The van der Waals surface area contributed by atoms with Crippen LogP contribution in [0.25, 0.3) is 0 Å². The highest BCUT2D eigenvalue weighted by Crippen LogP contribution is 2.47. The number of aryl methyl sites for hydroxylation is 1. The lowest BCUT2D eigenvalue weighted by Gasteiger charge is -2.44. The summed E-state index contributed by atoms with van der Waals surface area (Å²) in [6, 6.07) is 0. The Morgan fingerprint density at radius 3 is 2.73 bits per heavy atom. The number of amides is 1. The number of amidine groups is 1. The number of aliphatic carboxylic acids is 1. The molecule has 2 aliphatic rings. The first-order valence-corrected chi connectivity index (χ1v) is 11.3. The minimum Gasteiger partial charge on any atom is -0.475 e. The van der Waals surface area contributed by atoms with Gasteiger partial charge in [0.15, 0.2) is 5.17 Å². The van der Waals surface area contributed by atoms with Gasteiger partial charge in [-0.25, -0.2) is 24.4 Å². The number of aromatic nitrogens is 4. The second-order valence-electron chi connectivity index (χ2n) is 7.24. The smallest absolute Gasteiger partial charge is 0.475 e. The van der Waals surface area contributed by atoms with Crippen LogP contribution in [-0.4, -0.2) is 66.5 Å². The quantitative estimate of drug-likeness (QED) is 0.564. The second kappa shape index (κ2) is 9.64. The zero-order valence-corrected chi connectivity index (χ0v) is 19.0. The molecule has 16 heteroatoms. The third kappa shape index (κ3) is 5.62. The normalized spacial score (nSPS) is 24.7. The molecule has 3 atom stereocenters. The fraction of sp³-hybridized carbons (Fsp3) is 0.529. The van der Waals surface area contributed by atoms with Gasteiger partial charge in [0.25, 0.3) is 5.91 Å². The fourth-order valence-corrected chi connectivity index (χ4v) is 5.26. The van der Waals surface area contributed by atoms with E-state index in [-0.39, 0.29) is 17.8 Å². The summed E-state index contributed by atoms with van der Waals surface area (Å²) in [6.07, 6.45) is -2.65. The van der Waals surface area contributed by atoms with Crippen LogP contribution in [0.15, 0.2) is 16.7 Å². The molecular formula is C17H20F3N7O4S2.